The van der Waals surface area contributed by atoms with Gasteiger partial charge in [-0.2, -0.15) is 0 Å². The number of nitrogens with one attached hydrogen (secondary N) is 1. The van der Waals surface area contributed by atoms with Crippen molar-refractivity contribution in [2.75, 3.05) is 13.2 Å². The molecule has 68 valence electrons. The van der Waals surface area contributed by atoms with Crippen molar-refractivity contribution in [1.82, 2.24) is 4.98 Å². The maximum Gasteiger partial charge on any atom is 0.0469 e. The van der Waals surface area contributed by atoms with Crippen LogP contribution in [0.15, 0.2) is 18.3 Å². The predicted molar refractivity (Wildman–Crippen MR) is 50.2 cm³/mol. The number of aromatic amines is 1. The van der Waals surface area contributed by atoms with Crippen molar-refractivity contribution in [1.29, 1.82) is 0 Å². The fraction of sp³-hybridized carbons (Fsp3) is 0.600. The van der Waals surface area contributed by atoms with Crippen LogP contribution in [0.2, 0.25) is 0 Å². The van der Waals surface area contributed by atoms with Crippen molar-refractivity contribution >= 4 is 0 Å². The molecule has 0 aliphatic heterocycles. The van der Waals surface area contributed by atoms with E-state index in [1.54, 1.807) is 0 Å². The summed E-state index contributed by atoms with van der Waals surface area (Å²) >= 11 is 0. The fourth-order valence-corrected chi connectivity index (χ4v) is 1.13. The number of H-pyrrole nitrogens is 1. The van der Waals surface area contributed by atoms with Gasteiger partial charge in [-0.25, -0.2) is 0 Å². The summed E-state index contributed by atoms with van der Waals surface area (Å²) < 4.78 is 5.37. The molecule has 1 aromatic heterocycles. The summed E-state index contributed by atoms with van der Waals surface area (Å²) in [6.07, 6.45) is 5.28. The highest BCUT2D eigenvalue weighted by molar-refractivity contribution is 5.03. The van der Waals surface area contributed by atoms with Crippen molar-refractivity contribution in [3.8, 4) is 0 Å². The van der Waals surface area contributed by atoms with E-state index < -0.39 is 0 Å². The van der Waals surface area contributed by atoms with E-state index in [4.69, 9.17) is 4.74 Å². The lowest BCUT2D eigenvalue weighted by molar-refractivity contribution is 0.132. The second kappa shape index (κ2) is 5.84. The molecule has 0 atom stereocenters. The molecule has 0 unspecified atom stereocenters. The van der Waals surface area contributed by atoms with Gasteiger partial charge in [0, 0.05) is 25.1 Å². The van der Waals surface area contributed by atoms with E-state index in [-0.39, 0.29) is 0 Å². The molecule has 0 bridgehead atoms. The van der Waals surface area contributed by atoms with Crippen molar-refractivity contribution in [3.63, 3.8) is 0 Å². The summed E-state index contributed by atoms with van der Waals surface area (Å²) in [7, 11) is 0. The molecule has 1 N–H and O–H groups in total. The molecule has 0 radical (unpaired) electrons. The minimum atomic E-state index is 0.882. The van der Waals surface area contributed by atoms with Gasteiger partial charge in [-0.15, -0.1) is 0 Å². The Labute approximate surface area is 73.9 Å². The summed E-state index contributed by atoms with van der Waals surface area (Å²) in [5, 5.41) is 0. The lowest BCUT2D eigenvalue weighted by Crippen LogP contribution is -1.97. The molecule has 1 rings (SSSR count). The third-order valence-corrected chi connectivity index (χ3v) is 1.75. The number of hydrogen-bond acceptors (Lipinski definition) is 1. The van der Waals surface area contributed by atoms with E-state index in [1.165, 1.54) is 5.69 Å². The minimum Gasteiger partial charge on any atom is -0.381 e. The van der Waals surface area contributed by atoms with Crippen LogP contribution in [0.3, 0.4) is 0 Å². The van der Waals surface area contributed by atoms with E-state index in [0.29, 0.717) is 0 Å². The number of rotatable bonds is 6. The van der Waals surface area contributed by atoms with E-state index >= 15 is 0 Å². The van der Waals surface area contributed by atoms with Crippen LogP contribution in [0, 0.1) is 0 Å². The Balaban J connectivity index is 1.96. The van der Waals surface area contributed by atoms with Gasteiger partial charge < -0.3 is 9.72 Å². The second-order valence-corrected chi connectivity index (χ2v) is 2.91. The topological polar surface area (TPSA) is 25.0 Å². The van der Waals surface area contributed by atoms with Crippen LogP contribution in [0.4, 0.5) is 0 Å². The van der Waals surface area contributed by atoms with Crippen LogP contribution >= 0.6 is 0 Å². The SMILES string of the molecule is CCCOCCCc1ccc[nH]1. The highest BCUT2D eigenvalue weighted by Crippen LogP contribution is 1.99. The first-order valence-corrected chi connectivity index (χ1v) is 4.63. The Hall–Kier alpha value is -0.760. The Bertz CT molecular complexity index is 182. The minimum absolute atomic E-state index is 0.882. The van der Waals surface area contributed by atoms with Gasteiger partial charge >= 0.3 is 0 Å². The van der Waals surface area contributed by atoms with Crippen LogP contribution in [-0.2, 0) is 11.2 Å². The maximum absolute atomic E-state index is 5.37. The first-order chi connectivity index (χ1) is 5.93. The van der Waals surface area contributed by atoms with Gasteiger partial charge in [0.2, 0.25) is 0 Å². The third kappa shape index (κ3) is 3.58. The highest BCUT2D eigenvalue weighted by atomic mass is 16.5. The van der Waals surface area contributed by atoms with Gasteiger partial charge in [-0.1, -0.05) is 6.92 Å². The molecule has 0 fully saturated rings. The molecule has 0 saturated heterocycles. The van der Waals surface area contributed by atoms with Gasteiger partial charge in [-0.3, -0.25) is 0 Å². The van der Waals surface area contributed by atoms with Crippen LogP contribution < -0.4 is 0 Å². The summed E-state index contributed by atoms with van der Waals surface area (Å²) in [5.74, 6) is 0. The number of aromatic nitrogens is 1. The molecule has 0 saturated carbocycles. The molecule has 1 aromatic rings. The average molecular weight is 167 g/mol. The van der Waals surface area contributed by atoms with E-state index in [2.05, 4.69) is 18.0 Å². The molecule has 0 aromatic carbocycles. The van der Waals surface area contributed by atoms with Gasteiger partial charge in [0.05, 0.1) is 0 Å². The van der Waals surface area contributed by atoms with Crippen LogP contribution in [-0.4, -0.2) is 18.2 Å². The Kier molecular flexibility index (Phi) is 4.54. The second-order valence-electron chi connectivity index (χ2n) is 2.91. The standard InChI is InChI=1S/C10H17NO/c1-2-8-12-9-4-6-10-5-3-7-11-10/h3,5,7,11H,2,4,6,8-9H2,1H3. The Morgan fingerprint density at radius 2 is 2.33 bits per heavy atom. The number of ether oxygens (including phenoxy) is 1. The fourth-order valence-electron chi connectivity index (χ4n) is 1.13. The largest absolute Gasteiger partial charge is 0.381 e. The normalized spacial score (nSPS) is 10.4. The smallest absolute Gasteiger partial charge is 0.0469 e. The molecule has 2 nitrogen and oxygen atoms in total. The number of hydrogen-bond donors (Lipinski definition) is 1. The average Bonchev–Trinajstić information content (AvgIpc) is 2.57. The van der Waals surface area contributed by atoms with Crippen molar-refractivity contribution in [2.45, 2.75) is 26.2 Å². The summed E-state index contributed by atoms with van der Waals surface area (Å²) in [6, 6.07) is 4.14. The maximum atomic E-state index is 5.37. The highest BCUT2D eigenvalue weighted by Gasteiger charge is 1.92. The molecule has 1 heterocycles. The molecule has 0 aliphatic rings. The van der Waals surface area contributed by atoms with Gasteiger partial charge in [0.25, 0.3) is 0 Å². The zero-order chi connectivity index (χ0) is 8.65. The summed E-state index contributed by atoms with van der Waals surface area (Å²) in [5.41, 5.74) is 1.30. The lowest BCUT2D eigenvalue weighted by atomic mass is 10.2. The van der Waals surface area contributed by atoms with Crippen LogP contribution in [0.5, 0.6) is 0 Å². The van der Waals surface area contributed by atoms with Gasteiger partial charge in [-0.05, 0) is 31.4 Å². The van der Waals surface area contributed by atoms with Crippen molar-refractivity contribution in [2.24, 2.45) is 0 Å². The molecule has 0 aliphatic carbocycles. The third-order valence-electron chi connectivity index (χ3n) is 1.75. The predicted octanol–water partition coefficient (Wildman–Crippen LogP) is 2.37. The first kappa shape index (κ1) is 9.33. The van der Waals surface area contributed by atoms with E-state index in [1.807, 2.05) is 12.3 Å². The zero-order valence-corrected chi connectivity index (χ0v) is 7.68. The van der Waals surface area contributed by atoms with Gasteiger partial charge in [0.15, 0.2) is 0 Å². The Morgan fingerprint density at radius 1 is 1.42 bits per heavy atom. The number of aryl methyl sites for hydroxylation is 1. The van der Waals surface area contributed by atoms with E-state index in [0.717, 1.165) is 32.5 Å². The van der Waals surface area contributed by atoms with Crippen molar-refractivity contribution < 1.29 is 4.74 Å². The monoisotopic (exact) mass is 167 g/mol. The van der Waals surface area contributed by atoms with Gasteiger partial charge in [0.1, 0.15) is 0 Å². The first-order valence-electron chi connectivity index (χ1n) is 4.63. The lowest BCUT2D eigenvalue weighted by Gasteiger charge is -2.00. The summed E-state index contributed by atoms with van der Waals surface area (Å²) in [6.45, 7) is 3.91. The zero-order valence-electron chi connectivity index (χ0n) is 7.68. The Morgan fingerprint density at radius 3 is 3.00 bits per heavy atom. The van der Waals surface area contributed by atoms with Crippen LogP contribution in [0.1, 0.15) is 25.5 Å². The summed E-state index contributed by atoms with van der Waals surface area (Å²) in [4.78, 5) is 3.17. The molecular formula is C10H17NO. The molecular weight excluding hydrogens is 150 g/mol. The molecule has 0 spiro atoms. The molecule has 0 amide bonds. The molecule has 2 heteroatoms. The van der Waals surface area contributed by atoms with E-state index in [9.17, 15) is 0 Å². The molecule has 12 heavy (non-hydrogen) atoms. The quantitative estimate of drug-likeness (QED) is 0.646. The van der Waals surface area contributed by atoms with Crippen LogP contribution in [0.25, 0.3) is 0 Å². The van der Waals surface area contributed by atoms with Crippen molar-refractivity contribution in [3.05, 3.63) is 24.0 Å².